The second-order valence-corrected chi connectivity index (χ2v) is 9.32. The molecule has 2 fully saturated rings. The molecule has 0 radical (unpaired) electrons. The van der Waals surface area contributed by atoms with Gasteiger partial charge in [0.25, 0.3) is 0 Å². The van der Waals surface area contributed by atoms with Gasteiger partial charge in [-0.3, -0.25) is 0 Å². The standard InChI is InChI=1S/C30H24N2O12/c31-11-19(29(35)36)9-17-1-5-21(6-2-17)39-15-25(33)43-23-13-41-28-24(14-42-27(23)28)44-26(34)16-40-22-7-3-18(4-8-22)10-20(12-32)30(37)38/h1-10,23-24,27-28H,13-16H2,(H,35,36)(H,37,38)/b19-9+,20-10+/t23-,24+,27?,28?. The van der Waals surface area contributed by atoms with Crippen molar-refractivity contribution in [3.8, 4) is 23.6 Å². The highest BCUT2D eigenvalue weighted by molar-refractivity contribution is 5.97. The number of ether oxygens (including phenoxy) is 6. The van der Waals surface area contributed by atoms with Crippen LogP contribution < -0.4 is 9.47 Å². The van der Waals surface area contributed by atoms with Gasteiger partial charge in [-0.15, -0.1) is 0 Å². The molecule has 226 valence electrons. The zero-order valence-electron chi connectivity index (χ0n) is 22.8. The molecule has 2 saturated heterocycles. The van der Waals surface area contributed by atoms with Crippen LogP contribution in [-0.2, 0) is 38.1 Å². The molecule has 2 heterocycles. The summed E-state index contributed by atoms with van der Waals surface area (Å²) in [6, 6.07) is 15.3. The fourth-order valence-corrected chi connectivity index (χ4v) is 4.26. The van der Waals surface area contributed by atoms with Crippen LogP contribution in [0.25, 0.3) is 12.2 Å². The monoisotopic (exact) mass is 604 g/mol. The Morgan fingerprint density at radius 2 is 1.07 bits per heavy atom. The normalized spacial score (nSPS) is 20.9. The number of fused-ring (bicyclic) bond motifs is 1. The summed E-state index contributed by atoms with van der Waals surface area (Å²) < 4.78 is 33.0. The topological polar surface area (TPSA) is 212 Å². The van der Waals surface area contributed by atoms with E-state index in [9.17, 15) is 19.2 Å². The molecule has 14 nitrogen and oxygen atoms in total. The molecule has 2 aromatic rings. The van der Waals surface area contributed by atoms with Gasteiger partial charge in [0.2, 0.25) is 0 Å². The van der Waals surface area contributed by atoms with Gasteiger partial charge in [-0.1, -0.05) is 24.3 Å². The number of aliphatic carboxylic acids is 2. The van der Waals surface area contributed by atoms with Gasteiger partial charge in [0.1, 0.15) is 47.0 Å². The number of esters is 2. The van der Waals surface area contributed by atoms with Gasteiger partial charge in [0.05, 0.1) is 13.2 Å². The van der Waals surface area contributed by atoms with Gasteiger partial charge in [-0.2, -0.15) is 10.5 Å². The highest BCUT2D eigenvalue weighted by Crippen LogP contribution is 2.31. The van der Waals surface area contributed by atoms with Crippen LogP contribution in [0.5, 0.6) is 11.5 Å². The summed E-state index contributed by atoms with van der Waals surface area (Å²) in [7, 11) is 0. The SMILES string of the molecule is N#C/C(=C\c1ccc(OCC(=O)O[C@H]2COC3C2OC[C@H]3OC(=O)COc2ccc(/C=C(\C#N)C(=O)O)cc2)cc1)C(=O)O. The van der Waals surface area contributed by atoms with Crippen molar-refractivity contribution in [3.63, 3.8) is 0 Å². The lowest BCUT2D eigenvalue weighted by atomic mass is 10.1. The number of nitriles is 2. The van der Waals surface area contributed by atoms with E-state index in [0.717, 1.165) is 0 Å². The molecule has 2 unspecified atom stereocenters. The maximum atomic E-state index is 12.4. The zero-order valence-corrected chi connectivity index (χ0v) is 22.8. The highest BCUT2D eigenvalue weighted by Gasteiger charge is 2.51. The van der Waals surface area contributed by atoms with Crippen LogP contribution in [0.3, 0.4) is 0 Å². The minimum absolute atomic E-state index is 0.0215. The van der Waals surface area contributed by atoms with E-state index in [2.05, 4.69) is 0 Å². The first-order valence-corrected chi connectivity index (χ1v) is 12.9. The molecular formula is C30H24N2O12. The predicted octanol–water partition coefficient (Wildman–Crippen LogP) is 1.75. The number of carboxylic acids is 2. The summed E-state index contributed by atoms with van der Waals surface area (Å²) in [4.78, 5) is 46.6. The second-order valence-electron chi connectivity index (χ2n) is 9.32. The minimum Gasteiger partial charge on any atom is -0.482 e. The molecule has 14 heteroatoms. The van der Waals surface area contributed by atoms with E-state index < -0.39 is 72.7 Å². The van der Waals surface area contributed by atoms with Crippen molar-refractivity contribution in [1.29, 1.82) is 10.5 Å². The van der Waals surface area contributed by atoms with Crippen molar-refractivity contribution < 1.29 is 57.8 Å². The molecule has 2 aliphatic rings. The molecule has 0 spiro atoms. The fourth-order valence-electron chi connectivity index (χ4n) is 4.26. The Hall–Kier alpha value is -5.70. The molecule has 4 atom stereocenters. The summed E-state index contributed by atoms with van der Waals surface area (Å²) in [5, 5.41) is 35.6. The minimum atomic E-state index is -1.34. The van der Waals surface area contributed by atoms with Gasteiger partial charge in [-0.05, 0) is 47.5 Å². The average molecular weight is 605 g/mol. The van der Waals surface area contributed by atoms with Gasteiger partial charge in [0, 0.05) is 0 Å². The maximum absolute atomic E-state index is 12.4. The zero-order chi connectivity index (χ0) is 31.6. The van der Waals surface area contributed by atoms with E-state index in [1.165, 1.54) is 60.7 Å². The molecule has 0 aliphatic carbocycles. The number of hydrogen-bond acceptors (Lipinski definition) is 12. The number of carbonyl (C=O) groups is 4. The molecule has 0 amide bonds. The van der Waals surface area contributed by atoms with Crippen LogP contribution in [0.4, 0.5) is 0 Å². The molecule has 44 heavy (non-hydrogen) atoms. The molecule has 0 saturated carbocycles. The van der Waals surface area contributed by atoms with E-state index in [4.69, 9.17) is 49.2 Å². The summed E-state index contributed by atoms with van der Waals surface area (Å²) in [5.74, 6) is -3.43. The lowest BCUT2D eigenvalue weighted by molar-refractivity contribution is -0.157. The van der Waals surface area contributed by atoms with Crippen molar-refractivity contribution in [1.82, 2.24) is 0 Å². The van der Waals surface area contributed by atoms with Crippen molar-refractivity contribution in [3.05, 3.63) is 70.8 Å². The molecule has 2 aromatic carbocycles. The Kier molecular flexibility index (Phi) is 10.3. The Morgan fingerprint density at radius 1 is 0.705 bits per heavy atom. The maximum Gasteiger partial charge on any atom is 0.346 e. The van der Waals surface area contributed by atoms with Gasteiger partial charge in [-0.25, -0.2) is 19.2 Å². The van der Waals surface area contributed by atoms with E-state index >= 15 is 0 Å². The lowest BCUT2D eigenvalue weighted by Crippen LogP contribution is -2.37. The van der Waals surface area contributed by atoms with Crippen LogP contribution >= 0.6 is 0 Å². The van der Waals surface area contributed by atoms with E-state index in [0.29, 0.717) is 22.6 Å². The van der Waals surface area contributed by atoms with Gasteiger partial charge < -0.3 is 38.6 Å². The van der Waals surface area contributed by atoms with Crippen molar-refractivity contribution in [2.24, 2.45) is 0 Å². The summed E-state index contributed by atoms with van der Waals surface area (Å²) in [6.45, 7) is -0.803. The number of nitrogens with zero attached hydrogens (tertiary/aromatic N) is 2. The first kappa shape index (κ1) is 31.2. The van der Waals surface area contributed by atoms with Crippen molar-refractivity contribution in [2.45, 2.75) is 24.4 Å². The highest BCUT2D eigenvalue weighted by atomic mass is 16.7. The van der Waals surface area contributed by atoms with Crippen molar-refractivity contribution >= 4 is 36.0 Å². The number of rotatable bonds is 12. The summed E-state index contributed by atoms with van der Waals surface area (Å²) in [6.07, 6.45) is -0.409. The molecule has 0 bridgehead atoms. The quantitative estimate of drug-likeness (QED) is 0.201. The third-order valence-corrected chi connectivity index (χ3v) is 6.33. The van der Waals surface area contributed by atoms with E-state index in [-0.39, 0.29) is 13.2 Å². The Labute approximate surface area is 249 Å². The number of benzene rings is 2. The van der Waals surface area contributed by atoms with Gasteiger partial charge in [0.15, 0.2) is 25.4 Å². The predicted molar refractivity (Wildman–Crippen MR) is 146 cm³/mol. The molecule has 0 aromatic heterocycles. The number of hydrogen-bond donors (Lipinski definition) is 2. The van der Waals surface area contributed by atoms with E-state index in [1.54, 1.807) is 12.1 Å². The molecule has 4 rings (SSSR count). The third kappa shape index (κ3) is 8.19. The molecular weight excluding hydrogens is 580 g/mol. The smallest absolute Gasteiger partial charge is 0.346 e. The van der Waals surface area contributed by atoms with Crippen LogP contribution in [0, 0.1) is 22.7 Å². The van der Waals surface area contributed by atoms with Crippen molar-refractivity contribution in [2.75, 3.05) is 26.4 Å². The van der Waals surface area contributed by atoms with E-state index in [1.807, 2.05) is 0 Å². The largest absolute Gasteiger partial charge is 0.482 e. The Balaban J connectivity index is 1.20. The lowest BCUT2D eigenvalue weighted by Gasteiger charge is -2.17. The van der Waals surface area contributed by atoms with Gasteiger partial charge >= 0.3 is 23.9 Å². The third-order valence-electron chi connectivity index (χ3n) is 6.33. The first-order chi connectivity index (χ1) is 21.2. The van der Waals surface area contributed by atoms with Crippen LogP contribution in [0.1, 0.15) is 11.1 Å². The first-order valence-electron chi connectivity index (χ1n) is 12.9. The Morgan fingerprint density at radius 3 is 1.39 bits per heavy atom. The second kappa shape index (κ2) is 14.5. The van der Waals surface area contributed by atoms with Crippen LogP contribution in [0.2, 0.25) is 0 Å². The summed E-state index contributed by atoms with van der Waals surface area (Å²) >= 11 is 0. The summed E-state index contributed by atoms with van der Waals surface area (Å²) in [5.41, 5.74) is 0.0790. The number of carboxylic acid groups (broad SMARTS) is 2. The van der Waals surface area contributed by atoms with Crippen LogP contribution in [0.15, 0.2) is 59.7 Å². The van der Waals surface area contributed by atoms with Crippen LogP contribution in [-0.4, -0.2) is 84.9 Å². The average Bonchev–Trinajstić information content (AvgIpc) is 3.60. The molecule has 2 aliphatic heterocycles. The Bertz CT molecular complexity index is 1430. The molecule has 2 N–H and O–H groups in total. The fraction of sp³-hybridized carbons (Fsp3) is 0.267. The number of carbonyl (C=O) groups excluding carboxylic acids is 2.